The molecule has 4 rings (SSSR count). The Morgan fingerprint density at radius 2 is 2.05 bits per heavy atom. The Bertz CT molecular complexity index is 530. The second-order valence-electron chi connectivity index (χ2n) is 7.45. The molecule has 21 heavy (non-hydrogen) atoms. The molecule has 3 saturated carbocycles. The van der Waals surface area contributed by atoms with Crippen LogP contribution in [-0.4, -0.2) is 19.7 Å². The average Bonchev–Trinajstić information content (AvgIpc) is 3.37. The summed E-state index contributed by atoms with van der Waals surface area (Å²) in [5.74, 6) is 3.08. The summed E-state index contributed by atoms with van der Waals surface area (Å²) in [7, 11) is 1.79. The number of methoxy groups -OCH3 is 1. The van der Waals surface area contributed by atoms with Crippen molar-refractivity contribution in [2.24, 2.45) is 17.3 Å². The minimum atomic E-state index is 0.463. The number of nitrogens with one attached hydrogen (secondary N) is 1. The van der Waals surface area contributed by atoms with Crippen molar-refractivity contribution in [1.29, 1.82) is 0 Å². The molecular formula is C18H24BrNO. The van der Waals surface area contributed by atoms with Gasteiger partial charge in [-0.3, -0.25) is 0 Å². The highest BCUT2D eigenvalue weighted by molar-refractivity contribution is 9.10. The molecule has 0 aliphatic heterocycles. The zero-order valence-electron chi connectivity index (χ0n) is 12.7. The van der Waals surface area contributed by atoms with Crippen LogP contribution in [0, 0.1) is 17.3 Å². The summed E-state index contributed by atoms with van der Waals surface area (Å²) < 4.78 is 6.75. The van der Waals surface area contributed by atoms with E-state index in [1.165, 1.54) is 44.2 Å². The summed E-state index contributed by atoms with van der Waals surface area (Å²) in [6, 6.07) is 7.23. The molecule has 1 aromatic rings. The van der Waals surface area contributed by atoms with Gasteiger partial charge in [0.05, 0.1) is 7.11 Å². The van der Waals surface area contributed by atoms with Gasteiger partial charge in [-0.1, -0.05) is 15.9 Å². The lowest BCUT2D eigenvalue weighted by molar-refractivity contribution is 0.244. The summed E-state index contributed by atoms with van der Waals surface area (Å²) >= 11 is 3.61. The van der Waals surface area contributed by atoms with Crippen LogP contribution in [0.15, 0.2) is 22.7 Å². The van der Waals surface area contributed by atoms with E-state index in [1.54, 1.807) is 7.11 Å². The van der Waals surface area contributed by atoms with Crippen molar-refractivity contribution >= 4 is 15.9 Å². The van der Waals surface area contributed by atoms with Gasteiger partial charge in [-0.25, -0.2) is 0 Å². The predicted molar refractivity (Wildman–Crippen MR) is 88.7 cm³/mol. The second-order valence-corrected chi connectivity index (χ2v) is 8.37. The van der Waals surface area contributed by atoms with E-state index in [9.17, 15) is 0 Å². The van der Waals surface area contributed by atoms with E-state index >= 15 is 0 Å². The topological polar surface area (TPSA) is 21.3 Å². The first kappa shape index (κ1) is 14.1. The minimum absolute atomic E-state index is 0.463. The molecule has 3 heteroatoms. The van der Waals surface area contributed by atoms with Gasteiger partial charge >= 0.3 is 0 Å². The first-order chi connectivity index (χ1) is 10.2. The summed E-state index contributed by atoms with van der Waals surface area (Å²) in [5, 5.41) is 3.80. The second kappa shape index (κ2) is 5.27. The third kappa shape index (κ3) is 3.00. The van der Waals surface area contributed by atoms with Crippen LogP contribution in [0.3, 0.4) is 0 Å². The van der Waals surface area contributed by atoms with Crippen molar-refractivity contribution in [3.05, 3.63) is 28.2 Å². The molecule has 3 aliphatic carbocycles. The summed E-state index contributed by atoms with van der Waals surface area (Å²) in [5.41, 5.74) is 1.83. The maximum Gasteiger partial charge on any atom is 0.122 e. The number of rotatable bonds is 6. The van der Waals surface area contributed by atoms with E-state index in [4.69, 9.17) is 4.74 Å². The molecule has 2 unspecified atom stereocenters. The minimum Gasteiger partial charge on any atom is -0.496 e. The fourth-order valence-electron chi connectivity index (χ4n) is 4.29. The molecule has 0 heterocycles. The molecule has 2 atom stereocenters. The van der Waals surface area contributed by atoms with E-state index in [0.717, 1.165) is 34.5 Å². The maximum absolute atomic E-state index is 5.59. The van der Waals surface area contributed by atoms with E-state index in [1.807, 2.05) is 0 Å². The Morgan fingerprint density at radius 1 is 1.29 bits per heavy atom. The molecule has 1 N–H and O–H groups in total. The van der Waals surface area contributed by atoms with E-state index < -0.39 is 0 Å². The largest absolute Gasteiger partial charge is 0.496 e. The summed E-state index contributed by atoms with van der Waals surface area (Å²) in [4.78, 5) is 0. The van der Waals surface area contributed by atoms with Crippen LogP contribution in [-0.2, 0) is 6.42 Å². The molecule has 3 fully saturated rings. The summed E-state index contributed by atoms with van der Waals surface area (Å²) in [6.45, 7) is 1.19. The zero-order chi connectivity index (χ0) is 14.4. The van der Waals surface area contributed by atoms with Gasteiger partial charge in [0.1, 0.15) is 5.75 Å². The highest BCUT2D eigenvalue weighted by atomic mass is 79.9. The van der Waals surface area contributed by atoms with Gasteiger partial charge in [-0.2, -0.15) is 0 Å². The van der Waals surface area contributed by atoms with Crippen LogP contribution in [0.4, 0.5) is 0 Å². The van der Waals surface area contributed by atoms with E-state index in [-0.39, 0.29) is 0 Å². The average molecular weight is 350 g/mol. The van der Waals surface area contributed by atoms with E-state index in [0.29, 0.717) is 5.41 Å². The van der Waals surface area contributed by atoms with Gasteiger partial charge in [-0.05, 0) is 79.5 Å². The molecule has 0 saturated heterocycles. The molecule has 0 spiro atoms. The molecule has 114 valence electrons. The van der Waals surface area contributed by atoms with Crippen molar-refractivity contribution in [2.45, 2.75) is 44.6 Å². The van der Waals surface area contributed by atoms with Crippen LogP contribution in [0.25, 0.3) is 0 Å². The van der Waals surface area contributed by atoms with Crippen LogP contribution in [0.1, 0.15) is 37.7 Å². The first-order valence-corrected chi connectivity index (χ1v) is 9.03. The van der Waals surface area contributed by atoms with Crippen molar-refractivity contribution in [3.63, 3.8) is 0 Å². The normalized spacial score (nSPS) is 33.8. The number of hydrogen-bond acceptors (Lipinski definition) is 2. The molecule has 1 aromatic carbocycles. The SMILES string of the molecule is COc1ccc(Br)cc1CC1(CNC2CC2)CC2CC2C1. The van der Waals surface area contributed by atoms with Crippen LogP contribution in [0.5, 0.6) is 5.75 Å². The number of ether oxygens (including phenoxy) is 1. The third-order valence-corrected chi connectivity index (χ3v) is 6.10. The van der Waals surface area contributed by atoms with Gasteiger partial charge in [0.2, 0.25) is 0 Å². The lowest BCUT2D eigenvalue weighted by Crippen LogP contribution is -2.36. The Labute approximate surface area is 135 Å². The Hall–Kier alpha value is -0.540. The smallest absolute Gasteiger partial charge is 0.122 e. The standard InChI is InChI=1S/C18H24BrNO/c1-21-17-5-2-15(19)7-14(17)10-18(11-20-16-3-4-16)8-12-6-13(12)9-18/h2,5,7,12-13,16,20H,3-4,6,8-11H2,1H3. The third-order valence-electron chi connectivity index (χ3n) is 5.61. The Morgan fingerprint density at radius 3 is 2.71 bits per heavy atom. The van der Waals surface area contributed by atoms with Gasteiger partial charge in [0.15, 0.2) is 0 Å². The Kier molecular flexibility index (Phi) is 3.54. The van der Waals surface area contributed by atoms with Crippen molar-refractivity contribution in [1.82, 2.24) is 5.32 Å². The van der Waals surface area contributed by atoms with Crippen LogP contribution < -0.4 is 10.1 Å². The fraction of sp³-hybridized carbons (Fsp3) is 0.667. The first-order valence-electron chi connectivity index (χ1n) is 8.23. The van der Waals surface area contributed by atoms with Gasteiger partial charge < -0.3 is 10.1 Å². The quantitative estimate of drug-likeness (QED) is 0.832. The highest BCUT2D eigenvalue weighted by Gasteiger charge is 2.53. The van der Waals surface area contributed by atoms with E-state index in [2.05, 4.69) is 39.4 Å². The lowest BCUT2D eigenvalue weighted by Gasteiger charge is -2.32. The summed E-state index contributed by atoms with van der Waals surface area (Å²) in [6.07, 6.45) is 8.22. The number of benzene rings is 1. The van der Waals surface area contributed by atoms with Crippen LogP contribution in [0.2, 0.25) is 0 Å². The van der Waals surface area contributed by atoms with Gasteiger partial charge in [-0.15, -0.1) is 0 Å². The lowest BCUT2D eigenvalue weighted by atomic mass is 9.77. The fourth-order valence-corrected chi connectivity index (χ4v) is 4.70. The highest BCUT2D eigenvalue weighted by Crippen LogP contribution is 2.61. The molecule has 0 bridgehead atoms. The predicted octanol–water partition coefficient (Wildman–Crippen LogP) is 4.17. The van der Waals surface area contributed by atoms with Gasteiger partial charge in [0, 0.05) is 17.1 Å². The number of fused-ring (bicyclic) bond motifs is 1. The molecule has 2 nitrogen and oxygen atoms in total. The van der Waals surface area contributed by atoms with Gasteiger partial charge in [0.25, 0.3) is 0 Å². The molecular weight excluding hydrogens is 326 g/mol. The number of halogens is 1. The van der Waals surface area contributed by atoms with Crippen LogP contribution >= 0.6 is 15.9 Å². The molecule has 0 radical (unpaired) electrons. The Balaban J connectivity index is 1.54. The molecule has 0 amide bonds. The number of hydrogen-bond donors (Lipinski definition) is 1. The molecule has 0 aromatic heterocycles. The molecule has 3 aliphatic rings. The zero-order valence-corrected chi connectivity index (χ0v) is 14.3. The van der Waals surface area contributed by atoms with Crippen molar-refractivity contribution in [2.75, 3.05) is 13.7 Å². The van der Waals surface area contributed by atoms with Crippen molar-refractivity contribution in [3.8, 4) is 5.75 Å². The monoisotopic (exact) mass is 349 g/mol. The maximum atomic E-state index is 5.59. The van der Waals surface area contributed by atoms with Crippen molar-refractivity contribution < 1.29 is 4.74 Å².